The number of carbonyl (C=O) groups excluding carboxylic acids is 2. The normalized spacial score (nSPS) is 23.9. The highest BCUT2D eigenvalue weighted by Gasteiger charge is 2.35. The number of fused-ring (bicyclic) bond motifs is 3. The summed E-state index contributed by atoms with van der Waals surface area (Å²) in [5.41, 5.74) is 0.633. The fraction of sp³-hybridized carbons (Fsp3) is 0.389. The molecule has 4 heterocycles. The lowest BCUT2D eigenvalue weighted by Gasteiger charge is -2.44. The molecule has 9 heteroatoms. The molecule has 1 aromatic heterocycles. The van der Waals surface area contributed by atoms with Gasteiger partial charge in [0.15, 0.2) is 5.82 Å². The first-order valence-corrected chi connectivity index (χ1v) is 10.0. The number of hydrogen-bond acceptors (Lipinski definition) is 4. The third-order valence-electron chi connectivity index (χ3n) is 5.26. The van der Waals surface area contributed by atoms with Gasteiger partial charge in [0, 0.05) is 12.6 Å². The quantitative estimate of drug-likeness (QED) is 0.665. The van der Waals surface area contributed by atoms with Gasteiger partial charge in [0.25, 0.3) is 11.8 Å². The van der Waals surface area contributed by atoms with Crippen LogP contribution in [0.5, 0.6) is 0 Å². The average Bonchev–Trinajstić information content (AvgIpc) is 3.03. The number of H-pyrrole nitrogens is 1. The summed E-state index contributed by atoms with van der Waals surface area (Å²) in [5.74, 6) is 0.155. The lowest BCUT2D eigenvalue weighted by molar-refractivity contribution is 0.0617. The maximum atomic E-state index is 12.7. The molecule has 3 fully saturated rings. The van der Waals surface area contributed by atoms with Gasteiger partial charge in [0.2, 0.25) is 0 Å². The Morgan fingerprint density at radius 2 is 1.96 bits per heavy atom. The van der Waals surface area contributed by atoms with Crippen LogP contribution in [0.4, 0.5) is 5.82 Å². The van der Waals surface area contributed by atoms with Crippen LogP contribution in [0.1, 0.15) is 33.7 Å². The third kappa shape index (κ3) is 3.74. The SMILES string of the molecule is O=C(Nc1n[nH]c(C(=O)N[C@@H]2CN3CCC2CC3)c1Br)c1ccccc1Cl. The number of hydrogen-bond donors (Lipinski definition) is 3. The molecule has 2 aromatic rings. The summed E-state index contributed by atoms with van der Waals surface area (Å²) in [6, 6.07) is 6.90. The Bertz CT molecular complexity index is 878. The van der Waals surface area contributed by atoms with E-state index in [9.17, 15) is 9.59 Å². The van der Waals surface area contributed by atoms with E-state index in [1.807, 2.05) is 0 Å². The molecule has 0 aliphatic carbocycles. The Balaban J connectivity index is 1.45. The van der Waals surface area contributed by atoms with Gasteiger partial charge >= 0.3 is 0 Å². The van der Waals surface area contributed by atoms with Gasteiger partial charge in [-0.2, -0.15) is 5.10 Å². The van der Waals surface area contributed by atoms with Gasteiger partial charge in [-0.15, -0.1) is 0 Å². The van der Waals surface area contributed by atoms with Gasteiger partial charge in [-0.25, -0.2) is 0 Å². The summed E-state index contributed by atoms with van der Waals surface area (Å²) in [7, 11) is 0. The van der Waals surface area contributed by atoms with Crippen molar-refractivity contribution in [2.45, 2.75) is 18.9 Å². The Kier molecular flexibility index (Phi) is 5.21. The summed E-state index contributed by atoms with van der Waals surface area (Å²) >= 11 is 9.42. The van der Waals surface area contributed by atoms with Crippen molar-refractivity contribution in [3.8, 4) is 0 Å². The number of nitrogens with zero attached hydrogens (tertiary/aromatic N) is 2. The molecule has 142 valence electrons. The van der Waals surface area contributed by atoms with Crippen molar-refractivity contribution in [3.63, 3.8) is 0 Å². The van der Waals surface area contributed by atoms with E-state index < -0.39 is 5.91 Å². The predicted molar refractivity (Wildman–Crippen MR) is 106 cm³/mol. The molecule has 27 heavy (non-hydrogen) atoms. The summed E-state index contributed by atoms with van der Waals surface area (Å²) in [6.45, 7) is 3.12. The Labute approximate surface area is 170 Å². The number of nitrogens with one attached hydrogen (secondary N) is 3. The molecule has 3 aliphatic rings. The molecule has 2 amide bonds. The monoisotopic (exact) mass is 451 g/mol. The van der Waals surface area contributed by atoms with Crippen LogP contribution in [-0.2, 0) is 0 Å². The van der Waals surface area contributed by atoms with E-state index in [1.165, 1.54) is 0 Å². The van der Waals surface area contributed by atoms with Gasteiger partial charge in [-0.3, -0.25) is 14.7 Å². The van der Waals surface area contributed by atoms with Gasteiger partial charge in [0.1, 0.15) is 5.69 Å². The van der Waals surface area contributed by atoms with E-state index in [4.69, 9.17) is 11.6 Å². The molecule has 0 saturated carbocycles. The zero-order valence-corrected chi connectivity index (χ0v) is 16.8. The smallest absolute Gasteiger partial charge is 0.270 e. The van der Waals surface area contributed by atoms with Gasteiger partial charge < -0.3 is 15.5 Å². The summed E-state index contributed by atoms with van der Waals surface area (Å²) in [5, 5.41) is 12.9. The lowest BCUT2D eigenvalue weighted by atomic mass is 9.84. The van der Waals surface area contributed by atoms with Crippen LogP contribution in [0.3, 0.4) is 0 Å². The Morgan fingerprint density at radius 1 is 1.22 bits per heavy atom. The number of rotatable bonds is 4. The number of amides is 2. The molecular formula is C18H19BrClN5O2. The third-order valence-corrected chi connectivity index (χ3v) is 6.36. The highest BCUT2D eigenvalue weighted by Crippen LogP contribution is 2.29. The second-order valence-electron chi connectivity index (χ2n) is 6.91. The molecule has 0 radical (unpaired) electrons. The van der Waals surface area contributed by atoms with E-state index in [2.05, 4.69) is 41.7 Å². The van der Waals surface area contributed by atoms with E-state index in [-0.39, 0.29) is 17.8 Å². The van der Waals surface area contributed by atoms with Crippen molar-refractivity contribution in [1.82, 2.24) is 20.4 Å². The van der Waals surface area contributed by atoms with Gasteiger partial charge in [-0.05, 0) is 59.9 Å². The first-order valence-electron chi connectivity index (χ1n) is 8.86. The molecular weight excluding hydrogens is 434 g/mol. The van der Waals surface area contributed by atoms with Crippen LogP contribution in [0.25, 0.3) is 0 Å². The fourth-order valence-electron chi connectivity index (χ4n) is 3.75. The molecule has 7 nitrogen and oxygen atoms in total. The molecule has 3 N–H and O–H groups in total. The van der Waals surface area contributed by atoms with Crippen LogP contribution in [0, 0.1) is 5.92 Å². The molecule has 2 bridgehead atoms. The van der Waals surface area contributed by atoms with E-state index >= 15 is 0 Å². The van der Waals surface area contributed by atoms with E-state index in [1.54, 1.807) is 24.3 Å². The van der Waals surface area contributed by atoms with E-state index in [0.717, 1.165) is 32.5 Å². The maximum Gasteiger partial charge on any atom is 0.270 e. The Hall–Kier alpha value is -1.90. The van der Waals surface area contributed by atoms with Crippen LogP contribution in [0.15, 0.2) is 28.7 Å². The molecule has 0 unspecified atom stereocenters. The van der Waals surface area contributed by atoms with Crippen LogP contribution in [0.2, 0.25) is 5.02 Å². The summed E-state index contributed by atoms with van der Waals surface area (Å²) in [6.07, 6.45) is 2.24. The highest BCUT2D eigenvalue weighted by molar-refractivity contribution is 9.10. The topological polar surface area (TPSA) is 90.1 Å². The zero-order chi connectivity index (χ0) is 19.0. The summed E-state index contributed by atoms with van der Waals surface area (Å²) < 4.78 is 0.418. The second kappa shape index (κ2) is 7.61. The molecule has 1 aromatic carbocycles. The maximum absolute atomic E-state index is 12.7. The van der Waals surface area contributed by atoms with E-state index in [0.29, 0.717) is 26.7 Å². The van der Waals surface area contributed by atoms with Crippen LogP contribution in [-0.4, -0.2) is 52.6 Å². The first-order chi connectivity index (χ1) is 13.0. The van der Waals surface area contributed by atoms with Crippen LogP contribution < -0.4 is 10.6 Å². The number of carbonyl (C=O) groups is 2. The average molecular weight is 453 g/mol. The minimum absolute atomic E-state index is 0.149. The van der Waals surface area contributed by atoms with Crippen molar-refractivity contribution in [3.05, 3.63) is 45.0 Å². The molecule has 3 saturated heterocycles. The molecule has 0 spiro atoms. The number of benzene rings is 1. The number of aromatic amines is 1. The van der Waals surface area contributed by atoms with Crippen molar-refractivity contribution in [2.75, 3.05) is 25.0 Å². The standard InChI is InChI=1S/C18H19BrClN5O2/c19-14-15(18(27)21-13-9-25-7-5-10(13)6-8-25)23-24-16(14)22-17(26)11-3-1-2-4-12(11)20/h1-4,10,13H,5-9H2,(H,21,27)(H2,22,23,24,26)/t13-/m1/s1. The second-order valence-corrected chi connectivity index (χ2v) is 8.11. The number of halogens is 2. The molecule has 1 atom stereocenters. The molecule has 3 aliphatic heterocycles. The van der Waals surface area contributed by atoms with Crippen molar-refractivity contribution in [1.29, 1.82) is 0 Å². The number of aromatic nitrogens is 2. The largest absolute Gasteiger partial charge is 0.346 e. The molecule has 5 rings (SSSR count). The lowest BCUT2D eigenvalue weighted by Crippen LogP contribution is -2.57. The van der Waals surface area contributed by atoms with Crippen molar-refractivity contribution in [2.24, 2.45) is 5.92 Å². The van der Waals surface area contributed by atoms with Gasteiger partial charge in [0.05, 0.1) is 15.1 Å². The minimum atomic E-state index is -0.392. The zero-order valence-electron chi connectivity index (χ0n) is 14.5. The highest BCUT2D eigenvalue weighted by atomic mass is 79.9. The van der Waals surface area contributed by atoms with Gasteiger partial charge in [-0.1, -0.05) is 23.7 Å². The predicted octanol–water partition coefficient (Wildman–Crippen LogP) is 2.90. The summed E-state index contributed by atoms with van der Waals surface area (Å²) in [4.78, 5) is 27.4. The van der Waals surface area contributed by atoms with Crippen molar-refractivity contribution >= 4 is 45.2 Å². The first kappa shape index (κ1) is 18.5. The minimum Gasteiger partial charge on any atom is -0.346 e. The number of piperidine rings is 3. The fourth-order valence-corrected chi connectivity index (χ4v) is 4.43. The van der Waals surface area contributed by atoms with Crippen molar-refractivity contribution < 1.29 is 9.59 Å². The number of anilines is 1. The Morgan fingerprint density at radius 3 is 2.63 bits per heavy atom. The van der Waals surface area contributed by atoms with Crippen LogP contribution >= 0.6 is 27.5 Å².